The number of benzene rings is 2. The topological polar surface area (TPSA) is 56.3 Å². The van der Waals surface area contributed by atoms with Crippen LogP contribution in [0.25, 0.3) is 10.9 Å². The van der Waals surface area contributed by atoms with Crippen LogP contribution in [0.4, 0.5) is 0 Å². The summed E-state index contributed by atoms with van der Waals surface area (Å²) in [6, 6.07) is 15.6. The molecule has 23 heavy (non-hydrogen) atoms. The zero-order valence-electron chi connectivity index (χ0n) is 12.9. The van der Waals surface area contributed by atoms with Gasteiger partial charge in [-0.3, -0.25) is 4.98 Å². The van der Waals surface area contributed by atoms with Gasteiger partial charge in [0.1, 0.15) is 10.4 Å². The van der Waals surface area contributed by atoms with Gasteiger partial charge in [0.25, 0.3) is 0 Å². The number of rotatable bonds is 4. The van der Waals surface area contributed by atoms with Crippen molar-refractivity contribution in [1.29, 1.82) is 0 Å². The van der Waals surface area contributed by atoms with E-state index in [1.54, 1.807) is 36.5 Å². The highest BCUT2D eigenvalue weighted by molar-refractivity contribution is 7.87. The molecule has 0 amide bonds. The van der Waals surface area contributed by atoms with E-state index in [1.165, 1.54) is 0 Å². The van der Waals surface area contributed by atoms with E-state index in [0.717, 1.165) is 10.9 Å². The van der Waals surface area contributed by atoms with E-state index in [1.807, 2.05) is 24.3 Å². The summed E-state index contributed by atoms with van der Waals surface area (Å²) in [6.07, 6.45) is 1.61. The van der Waals surface area contributed by atoms with Crippen molar-refractivity contribution in [3.63, 3.8) is 0 Å². The maximum Gasteiger partial charge on any atom is 0.339 e. The fourth-order valence-corrected chi connectivity index (χ4v) is 3.27. The van der Waals surface area contributed by atoms with Gasteiger partial charge in [0, 0.05) is 11.6 Å². The van der Waals surface area contributed by atoms with Crippen molar-refractivity contribution >= 4 is 21.0 Å². The molecular formula is C18H17NO3S. The molecule has 0 radical (unpaired) electrons. The van der Waals surface area contributed by atoms with Crippen LogP contribution >= 0.6 is 0 Å². The Labute approximate surface area is 135 Å². The molecule has 3 aromatic rings. The van der Waals surface area contributed by atoms with Crippen LogP contribution in [-0.2, 0) is 10.1 Å². The quantitative estimate of drug-likeness (QED) is 0.676. The Hall–Kier alpha value is -2.40. The van der Waals surface area contributed by atoms with Gasteiger partial charge in [-0.2, -0.15) is 8.42 Å². The van der Waals surface area contributed by atoms with Gasteiger partial charge in [0.15, 0.2) is 5.75 Å². The highest BCUT2D eigenvalue weighted by Gasteiger charge is 2.18. The smallest absolute Gasteiger partial charge is 0.339 e. The number of nitrogens with zero attached hydrogens (tertiary/aromatic N) is 1. The summed E-state index contributed by atoms with van der Waals surface area (Å²) in [4.78, 5) is 4.34. The number of hydrogen-bond acceptors (Lipinski definition) is 4. The Morgan fingerprint density at radius 3 is 2.35 bits per heavy atom. The van der Waals surface area contributed by atoms with Gasteiger partial charge in [0.2, 0.25) is 0 Å². The fraction of sp³-hybridized carbons (Fsp3) is 0.167. The molecule has 0 bridgehead atoms. The van der Waals surface area contributed by atoms with E-state index < -0.39 is 10.1 Å². The molecule has 0 aliphatic heterocycles. The zero-order valence-corrected chi connectivity index (χ0v) is 13.7. The first-order chi connectivity index (χ1) is 11.0. The second kappa shape index (κ2) is 6.01. The van der Waals surface area contributed by atoms with Crippen molar-refractivity contribution < 1.29 is 12.6 Å². The van der Waals surface area contributed by atoms with Gasteiger partial charge in [-0.1, -0.05) is 44.2 Å². The van der Waals surface area contributed by atoms with Crippen molar-refractivity contribution in [3.8, 4) is 5.75 Å². The Morgan fingerprint density at radius 1 is 0.957 bits per heavy atom. The summed E-state index contributed by atoms with van der Waals surface area (Å²) < 4.78 is 30.3. The average molecular weight is 327 g/mol. The first-order valence-electron chi connectivity index (χ1n) is 7.35. The minimum atomic E-state index is -3.89. The summed E-state index contributed by atoms with van der Waals surface area (Å²) in [5.74, 6) is 0.575. The summed E-state index contributed by atoms with van der Waals surface area (Å²) in [7, 11) is -3.89. The van der Waals surface area contributed by atoms with E-state index in [9.17, 15) is 8.42 Å². The molecule has 5 heteroatoms. The van der Waals surface area contributed by atoms with E-state index >= 15 is 0 Å². The molecule has 0 atom stereocenters. The first-order valence-corrected chi connectivity index (χ1v) is 8.76. The number of fused-ring (bicyclic) bond motifs is 1. The minimum Gasteiger partial charge on any atom is -0.377 e. The van der Waals surface area contributed by atoms with Crippen LogP contribution in [-0.4, -0.2) is 13.4 Å². The first kappa shape index (κ1) is 15.5. The Kier molecular flexibility index (Phi) is 4.05. The molecule has 4 nitrogen and oxygen atoms in total. The molecule has 0 spiro atoms. The molecule has 118 valence electrons. The van der Waals surface area contributed by atoms with E-state index in [-0.39, 0.29) is 10.6 Å². The third-order valence-electron chi connectivity index (χ3n) is 3.63. The van der Waals surface area contributed by atoms with Crippen molar-refractivity contribution in [2.45, 2.75) is 24.7 Å². The lowest BCUT2D eigenvalue weighted by atomic mass is 10.0. The van der Waals surface area contributed by atoms with Crippen LogP contribution in [0.5, 0.6) is 5.75 Å². The summed E-state index contributed by atoms with van der Waals surface area (Å²) in [5.41, 5.74) is 1.60. The van der Waals surface area contributed by atoms with Gasteiger partial charge in [-0.15, -0.1) is 0 Å². The highest BCUT2D eigenvalue weighted by atomic mass is 32.2. The van der Waals surface area contributed by atoms with Crippen LogP contribution in [0.3, 0.4) is 0 Å². The molecule has 0 saturated heterocycles. The SMILES string of the molecule is CC(C)c1ccc(S(=O)(=O)Oc2cccc3cccnc23)cc1. The molecule has 0 saturated carbocycles. The lowest BCUT2D eigenvalue weighted by Crippen LogP contribution is -2.10. The zero-order chi connectivity index (χ0) is 16.4. The normalized spacial score (nSPS) is 11.8. The predicted molar refractivity (Wildman–Crippen MR) is 90.1 cm³/mol. The molecule has 0 N–H and O–H groups in total. The van der Waals surface area contributed by atoms with Crippen molar-refractivity contribution in [3.05, 3.63) is 66.4 Å². The molecular weight excluding hydrogens is 310 g/mol. The molecule has 0 aliphatic rings. The third-order valence-corrected chi connectivity index (χ3v) is 4.88. The largest absolute Gasteiger partial charge is 0.377 e. The maximum atomic E-state index is 12.5. The molecule has 0 unspecified atom stereocenters. The lowest BCUT2D eigenvalue weighted by molar-refractivity contribution is 0.488. The standard InChI is InChI=1S/C18H17NO3S/c1-13(2)14-8-10-16(11-9-14)23(20,21)22-17-7-3-5-15-6-4-12-19-18(15)17/h3-13H,1-2H3. The monoisotopic (exact) mass is 327 g/mol. The van der Waals surface area contributed by atoms with E-state index in [0.29, 0.717) is 11.4 Å². The minimum absolute atomic E-state index is 0.134. The molecule has 1 aromatic heterocycles. The lowest BCUT2D eigenvalue weighted by Gasteiger charge is -2.10. The van der Waals surface area contributed by atoms with Crippen LogP contribution in [0.2, 0.25) is 0 Å². The van der Waals surface area contributed by atoms with E-state index in [2.05, 4.69) is 18.8 Å². The van der Waals surface area contributed by atoms with Crippen LogP contribution in [0, 0.1) is 0 Å². The summed E-state index contributed by atoms with van der Waals surface area (Å²) in [6.45, 7) is 4.11. The predicted octanol–water partition coefficient (Wildman–Crippen LogP) is 4.13. The summed E-state index contributed by atoms with van der Waals surface area (Å²) in [5, 5.41) is 0.829. The van der Waals surface area contributed by atoms with Crippen molar-refractivity contribution in [2.75, 3.05) is 0 Å². The molecule has 0 fully saturated rings. The fourth-order valence-electron chi connectivity index (χ4n) is 2.33. The Bertz CT molecular complexity index is 927. The van der Waals surface area contributed by atoms with Crippen LogP contribution in [0.15, 0.2) is 65.7 Å². The second-order valence-electron chi connectivity index (χ2n) is 5.59. The molecule has 1 heterocycles. The van der Waals surface area contributed by atoms with Crippen molar-refractivity contribution in [1.82, 2.24) is 4.98 Å². The molecule has 0 aliphatic carbocycles. The third kappa shape index (κ3) is 3.19. The second-order valence-corrected chi connectivity index (χ2v) is 7.14. The van der Waals surface area contributed by atoms with Crippen LogP contribution in [0.1, 0.15) is 25.3 Å². The van der Waals surface area contributed by atoms with Crippen LogP contribution < -0.4 is 4.18 Å². The Morgan fingerprint density at radius 2 is 1.65 bits per heavy atom. The van der Waals surface area contributed by atoms with Gasteiger partial charge >= 0.3 is 10.1 Å². The van der Waals surface area contributed by atoms with Gasteiger partial charge in [-0.05, 0) is 35.7 Å². The number of aromatic nitrogens is 1. The average Bonchev–Trinajstić information content (AvgIpc) is 2.55. The molecule has 3 rings (SSSR count). The number of para-hydroxylation sites is 1. The van der Waals surface area contributed by atoms with E-state index in [4.69, 9.17) is 4.18 Å². The Balaban J connectivity index is 1.97. The van der Waals surface area contributed by atoms with Gasteiger partial charge < -0.3 is 4.18 Å². The van der Waals surface area contributed by atoms with Gasteiger partial charge in [-0.25, -0.2) is 0 Å². The summed E-state index contributed by atoms with van der Waals surface area (Å²) >= 11 is 0. The highest BCUT2D eigenvalue weighted by Crippen LogP contribution is 2.27. The molecule has 2 aromatic carbocycles. The number of hydrogen-bond donors (Lipinski definition) is 0. The maximum absolute atomic E-state index is 12.5. The van der Waals surface area contributed by atoms with Gasteiger partial charge in [0.05, 0.1) is 0 Å². The number of pyridine rings is 1. The van der Waals surface area contributed by atoms with Crippen molar-refractivity contribution in [2.24, 2.45) is 0 Å².